The summed E-state index contributed by atoms with van der Waals surface area (Å²) < 4.78 is 10.5. The summed E-state index contributed by atoms with van der Waals surface area (Å²) in [6.45, 7) is 4.63. The maximum Gasteiger partial charge on any atom is 0.229 e. The lowest BCUT2D eigenvalue weighted by molar-refractivity contribution is -0.122. The van der Waals surface area contributed by atoms with Crippen LogP contribution in [0, 0.1) is 5.92 Å². The standard InChI is InChI=1S/C22H26N2O4/c1-14(2)15-5-8-18(9-6-15)24-13-16(11-21(24)25)22(26)23-17-7-10-19(27-3)20(12-17)28-4/h5-10,12,14,16H,11,13H2,1-4H3,(H,23,26). The molecule has 0 bridgehead atoms. The molecule has 0 radical (unpaired) electrons. The topological polar surface area (TPSA) is 67.9 Å². The average Bonchev–Trinajstić information content (AvgIpc) is 3.09. The summed E-state index contributed by atoms with van der Waals surface area (Å²) in [7, 11) is 3.10. The van der Waals surface area contributed by atoms with E-state index >= 15 is 0 Å². The Bertz CT molecular complexity index is 861. The Balaban J connectivity index is 1.68. The highest BCUT2D eigenvalue weighted by molar-refractivity contribution is 6.03. The van der Waals surface area contributed by atoms with Crippen molar-refractivity contribution in [3.8, 4) is 11.5 Å². The lowest BCUT2D eigenvalue weighted by Gasteiger charge is -2.18. The highest BCUT2D eigenvalue weighted by Gasteiger charge is 2.35. The monoisotopic (exact) mass is 382 g/mol. The molecule has 0 spiro atoms. The molecule has 2 amide bonds. The van der Waals surface area contributed by atoms with Gasteiger partial charge in [0.25, 0.3) is 0 Å². The summed E-state index contributed by atoms with van der Waals surface area (Å²) >= 11 is 0. The number of hydrogen-bond acceptors (Lipinski definition) is 4. The molecule has 1 atom stereocenters. The number of nitrogens with one attached hydrogen (secondary N) is 1. The minimum Gasteiger partial charge on any atom is -0.493 e. The van der Waals surface area contributed by atoms with Crippen molar-refractivity contribution in [2.24, 2.45) is 5.92 Å². The van der Waals surface area contributed by atoms with Gasteiger partial charge in [-0.15, -0.1) is 0 Å². The van der Waals surface area contributed by atoms with E-state index in [-0.39, 0.29) is 18.2 Å². The molecule has 0 aromatic heterocycles. The van der Waals surface area contributed by atoms with Crippen molar-refractivity contribution < 1.29 is 19.1 Å². The normalized spacial score (nSPS) is 16.4. The van der Waals surface area contributed by atoms with E-state index in [2.05, 4.69) is 19.2 Å². The Morgan fingerprint density at radius 2 is 1.75 bits per heavy atom. The molecule has 0 aliphatic carbocycles. The van der Waals surface area contributed by atoms with Crippen molar-refractivity contribution in [1.29, 1.82) is 0 Å². The number of carbonyl (C=O) groups is 2. The summed E-state index contributed by atoms with van der Waals surface area (Å²) in [6, 6.07) is 13.1. The van der Waals surface area contributed by atoms with Crippen molar-refractivity contribution in [2.45, 2.75) is 26.2 Å². The molecule has 148 valence electrons. The summed E-state index contributed by atoms with van der Waals surface area (Å²) in [5.74, 6) is 0.947. The molecule has 1 N–H and O–H groups in total. The first-order valence-electron chi connectivity index (χ1n) is 9.36. The molecule has 6 nitrogen and oxygen atoms in total. The van der Waals surface area contributed by atoms with Crippen LogP contribution in [0.4, 0.5) is 11.4 Å². The highest BCUT2D eigenvalue weighted by atomic mass is 16.5. The molecule has 1 heterocycles. The maximum absolute atomic E-state index is 12.7. The Morgan fingerprint density at radius 3 is 2.36 bits per heavy atom. The molecule has 6 heteroatoms. The Morgan fingerprint density at radius 1 is 1.07 bits per heavy atom. The van der Waals surface area contributed by atoms with Crippen LogP contribution in [0.3, 0.4) is 0 Å². The van der Waals surface area contributed by atoms with Gasteiger partial charge >= 0.3 is 0 Å². The third-order valence-corrected chi connectivity index (χ3v) is 5.02. The van der Waals surface area contributed by atoms with Crippen LogP contribution in [0.2, 0.25) is 0 Å². The molecular weight excluding hydrogens is 356 g/mol. The zero-order chi connectivity index (χ0) is 20.3. The van der Waals surface area contributed by atoms with Gasteiger partial charge in [0.1, 0.15) is 0 Å². The van der Waals surface area contributed by atoms with Crippen LogP contribution in [0.25, 0.3) is 0 Å². The SMILES string of the molecule is COc1ccc(NC(=O)C2CC(=O)N(c3ccc(C(C)C)cc3)C2)cc1OC. The third kappa shape index (κ3) is 4.11. The molecule has 1 aliphatic heterocycles. The van der Waals surface area contributed by atoms with E-state index in [4.69, 9.17) is 9.47 Å². The van der Waals surface area contributed by atoms with Crippen LogP contribution < -0.4 is 19.7 Å². The van der Waals surface area contributed by atoms with Crippen molar-refractivity contribution in [2.75, 3.05) is 31.0 Å². The quantitative estimate of drug-likeness (QED) is 0.825. The van der Waals surface area contributed by atoms with E-state index in [1.807, 2.05) is 24.3 Å². The molecule has 1 fully saturated rings. The van der Waals surface area contributed by atoms with Gasteiger partial charge in [-0.2, -0.15) is 0 Å². The van der Waals surface area contributed by atoms with Gasteiger partial charge < -0.3 is 19.7 Å². The number of methoxy groups -OCH3 is 2. The number of benzene rings is 2. The van der Waals surface area contributed by atoms with Crippen molar-refractivity contribution >= 4 is 23.2 Å². The second-order valence-corrected chi connectivity index (χ2v) is 7.21. The zero-order valence-electron chi connectivity index (χ0n) is 16.7. The predicted octanol–water partition coefficient (Wildman–Crippen LogP) is 3.82. The van der Waals surface area contributed by atoms with E-state index in [0.29, 0.717) is 29.6 Å². The van der Waals surface area contributed by atoms with Crippen molar-refractivity contribution in [3.05, 3.63) is 48.0 Å². The second-order valence-electron chi connectivity index (χ2n) is 7.21. The molecule has 2 aromatic carbocycles. The van der Waals surface area contributed by atoms with Crippen molar-refractivity contribution in [1.82, 2.24) is 0 Å². The van der Waals surface area contributed by atoms with E-state index < -0.39 is 5.92 Å². The van der Waals surface area contributed by atoms with Crippen LogP contribution >= 0.6 is 0 Å². The summed E-state index contributed by atoms with van der Waals surface area (Å²) in [4.78, 5) is 26.8. The lowest BCUT2D eigenvalue weighted by Crippen LogP contribution is -2.28. The zero-order valence-corrected chi connectivity index (χ0v) is 16.7. The first kappa shape index (κ1) is 19.7. The predicted molar refractivity (Wildman–Crippen MR) is 109 cm³/mol. The fraction of sp³-hybridized carbons (Fsp3) is 0.364. The van der Waals surface area contributed by atoms with Crippen LogP contribution in [0.1, 0.15) is 31.7 Å². The van der Waals surface area contributed by atoms with Gasteiger partial charge in [0.15, 0.2) is 11.5 Å². The van der Waals surface area contributed by atoms with E-state index in [1.165, 1.54) is 5.56 Å². The number of amides is 2. The Hall–Kier alpha value is -3.02. The number of carbonyl (C=O) groups excluding carboxylic acids is 2. The van der Waals surface area contributed by atoms with Gasteiger partial charge in [0.05, 0.1) is 20.1 Å². The van der Waals surface area contributed by atoms with Crippen LogP contribution in [0.15, 0.2) is 42.5 Å². The minimum atomic E-state index is -0.398. The fourth-order valence-electron chi connectivity index (χ4n) is 3.33. The number of ether oxygens (including phenoxy) is 2. The highest BCUT2D eigenvalue weighted by Crippen LogP contribution is 2.31. The van der Waals surface area contributed by atoms with E-state index in [9.17, 15) is 9.59 Å². The third-order valence-electron chi connectivity index (χ3n) is 5.02. The van der Waals surface area contributed by atoms with Crippen LogP contribution in [0.5, 0.6) is 11.5 Å². The molecule has 3 rings (SSSR count). The summed E-state index contributed by atoms with van der Waals surface area (Å²) in [5, 5.41) is 2.87. The number of anilines is 2. The van der Waals surface area contributed by atoms with Gasteiger partial charge in [-0.05, 0) is 35.7 Å². The molecule has 0 saturated carbocycles. The number of nitrogens with zero attached hydrogens (tertiary/aromatic N) is 1. The fourth-order valence-corrected chi connectivity index (χ4v) is 3.33. The maximum atomic E-state index is 12.7. The van der Waals surface area contributed by atoms with Gasteiger partial charge in [0.2, 0.25) is 11.8 Å². The van der Waals surface area contributed by atoms with Crippen LogP contribution in [-0.2, 0) is 9.59 Å². The van der Waals surface area contributed by atoms with E-state index in [0.717, 1.165) is 5.69 Å². The number of hydrogen-bond donors (Lipinski definition) is 1. The second kappa shape index (κ2) is 8.33. The summed E-state index contributed by atoms with van der Waals surface area (Å²) in [5.41, 5.74) is 2.66. The minimum absolute atomic E-state index is 0.0373. The summed E-state index contributed by atoms with van der Waals surface area (Å²) in [6.07, 6.45) is 0.199. The first-order valence-corrected chi connectivity index (χ1v) is 9.36. The molecular formula is C22H26N2O4. The molecule has 1 aliphatic rings. The van der Waals surface area contributed by atoms with Crippen LogP contribution in [-0.4, -0.2) is 32.6 Å². The lowest BCUT2D eigenvalue weighted by atomic mass is 10.0. The van der Waals surface area contributed by atoms with Gasteiger partial charge in [0, 0.05) is 30.4 Å². The first-order chi connectivity index (χ1) is 13.4. The average molecular weight is 382 g/mol. The molecule has 1 unspecified atom stereocenters. The van der Waals surface area contributed by atoms with Gasteiger partial charge in [-0.25, -0.2) is 0 Å². The van der Waals surface area contributed by atoms with Crippen molar-refractivity contribution in [3.63, 3.8) is 0 Å². The largest absolute Gasteiger partial charge is 0.493 e. The Labute approximate surface area is 165 Å². The Kier molecular flexibility index (Phi) is 5.87. The smallest absolute Gasteiger partial charge is 0.229 e. The molecule has 2 aromatic rings. The number of rotatable bonds is 6. The van der Waals surface area contributed by atoms with E-state index in [1.54, 1.807) is 37.3 Å². The van der Waals surface area contributed by atoms with Gasteiger partial charge in [-0.3, -0.25) is 9.59 Å². The molecule has 28 heavy (non-hydrogen) atoms. The van der Waals surface area contributed by atoms with Gasteiger partial charge in [-0.1, -0.05) is 26.0 Å². The molecule has 1 saturated heterocycles.